The van der Waals surface area contributed by atoms with Gasteiger partial charge in [0.15, 0.2) is 0 Å². The van der Waals surface area contributed by atoms with Crippen LogP contribution in [0.25, 0.3) is 0 Å². The fraction of sp³-hybridized carbons (Fsp3) is 0.429. The number of phenolic OH excluding ortho intramolecular Hbond substituents is 1. The van der Waals surface area contributed by atoms with Crippen LogP contribution >= 0.6 is 0 Å². The predicted molar refractivity (Wildman–Crippen MR) is 73.0 cm³/mol. The van der Waals surface area contributed by atoms with Crippen molar-refractivity contribution >= 4 is 11.9 Å². The first-order valence-corrected chi connectivity index (χ1v) is 6.31. The lowest BCUT2D eigenvalue weighted by Crippen LogP contribution is -2.45. The number of phenols is 1. The van der Waals surface area contributed by atoms with Gasteiger partial charge < -0.3 is 20.3 Å². The molecule has 0 aromatic heterocycles. The molecule has 0 aliphatic carbocycles. The summed E-state index contributed by atoms with van der Waals surface area (Å²) >= 11 is 0. The molecule has 20 heavy (non-hydrogen) atoms. The van der Waals surface area contributed by atoms with E-state index in [4.69, 9.17) is 9.84 Å². The Bertz CT molecular complexity index is 500. The monoisotopic (exact) mass is 281 g/mol. The van der Waals surface area contributed by atoms with Gasteiger partial charge in [0.25, 0.3) is 5.91 Å². The highest BCUT2D eigenvalue weighted by Crippen LogP contribution is 2.23. The third-order valence-corrected chi connectivity index (χ3v) is 3.22. The molecule has 0 radical (unpaired) electrons. The number of ether oxygens (including phenoxy) is 1. The fourth-order valence-electron chi connectivity index (χ4n) is 1.73. The lowest BCUT2D eigenvalue weighted by Gasteiger charge is -2.20. The van der Waals surface area contributed by atoms with Gasteiger partial charge in [-0.1, -0.05) is 20.3 Å². The van der Waals surface area contributed by atoms with E-state index in [0.717, 1.165) is 0 Å². The van der Waals surface area contributed by atoms with Crippen LogP contribution in [-0.4, -0.2) is 35.2 Å². The summed E-state index contributed by atoms with van der Waals surface area (Å²) in [6.45, 7) is 3.59. The van der Waals surface area contributed by atoms with E-state index in [0.29, 0.717) is 12.2 Å². The van der Waals surface area contributed by atoms with Crippen LogP contribution in [0.2, 0.25) is 0 Å². The molecule has 1 unspecified atom stereocenters. The summed E-state index contributed by atoms with van der Waals surface area (Å²) in [5.41, 5.74) is 0.0142. The molecule has 6 heteroatoms. The normalized spacial score (nSPS) is 13.3. The Kier molecular flexibility index (Phi) is 5.37. The largest absolute Gasteiger partial charge is 0.507 e. The highest BCUT2D eigenvalue weighted by atomic mass is 16.5. The first-order chi connectivity index (χ1) is 9.40. The highest BCUT2D eigenvalue weighted by molar-refractivity contribution is 5.99. The van der Waals surface area contributed by atoms with E-state index in [1.54, 1.807) is 6.92 Å². The third-order valence-electron chi connectivity index (χ3n) is 3.22. The molecule has 1 aromatic carbocycles. The minimum absolute atomic E-state index is 0.0142. The Balaban J connectivity index is 2.92. The van der Waals surface area contributed by atoms with Crippen LogP contribution in [0, 0.1) is 5.92 Å². The maximum absolute atomic E-state index is 12.0. The Hall–Kier alpha value is -2.24. The maximum atomic E-state index is 12.0. The molecular formula is C14H19NO5. The molecule has 0 saturated heterocycles. The lowest BCUT2D eigenvalue weighted by molar-refractivity contribution is -0.140. The van der Waals surface area contributed by atoms with Crippen molar-refractivity contribution in [1.29, 1.82) is 0 Å². The molecule has 0 aliphatic rings. The zero-order valence-corrected chi connectivity index (χ0v) is 11.7. The van der Waals surface area contributed by atoms with Crippen molar-refractivity contribution in [3.63, 3.8) is 0 Å². The van der Waals surface area contributed by atoms with Gasteiger partial charge in [-0.3, -0.25) is 4.79 Å². The second-order valence-corrected chi connectivity index (χ2v) is 4.56. The van der Waals surface area contributed by atoms with E-state index in [9.17, 15) is 14.7 Å². The average Bonchev–Trinajstić information content (AvgIpc) is 2.43. The molecule has 6 nitrogen and oxygen atoms in total. The van der Waals surface area contributed by atoms with Gasteiger partial charge in [-0.25, -0.2) is 4.79 Å². The summed E-state index contributed by atoms with van der Waals surface area (Å²) in [7, 11) is 1.44. The van der Waals surface area contributed by atoms with Crippen LogP contribution in [0.15, 0.2) is 18.2 Å². The number of rotatable bonds is 6. The van der Waals surface area contributed by atoms with E-state index >= 15 is 0 Å². The third kappa shape index (κ3) is 3.63. The van der Waals surface area contributed by atoms with Gasteiger partial charge in [0.2, 0.25) is 0 Å². The van der Waals surface area contributed by atoms with Gasteiger partial charge in [0.05, 0.1) is 12.7 Å². The minimum Gasteiger partial charge on any atom is -0.507 e. The number of hydrogen-bond acceptors (Lipinski definition) is 4. The molecule has 1 amide bonds. The quantitative estimate of drug-likeness (QED) is 0.736. The number of aliphatic carboxylic acids is 1. The molecule has 2 atom stereocenters. The second-order valence-electron chi connectivity index (χ2n) is 4.56. The molecule has 1 aromatic rings. The van der Waals surface area contributed by atoms with E-state index in [1.807, 2.05) is 6.92 Å². The Labute approximate surface area is 117 Å². The van der Waals surface area contributed by atoms with E-state index < -0.39 is 17.9 Å². The summed E-state index contributed by atoms with van der Waals surface area (Å²) in [6, 6.07) is 3.22. The molecule has 0 spiro atoms. The topological polar surface area (TPSA) is 95.9 Å². The number of carbonyl (C=O) groups excluding carboxylic acids is 1. The number of aromatic hydroxyl groups is 1. The number of methoxy groups -OCH3 is 1. The van der Waals surface area contributed by atoms with E-state index in [-0.39, 0.29) is 17.2 Å². The molecular weight excluding hydrogens is 262 g/mol. The van der Waals surface area contributed by atoms with Crippen molar-refractivity contribution in [2.75, 3.05) is 7.11 Å². The van der Waals surface area contributed by atoms with Crippen molar-refractivity contribution in [3.05, 3.63) is 23.8 Å². The van der Waals surface area contributed by atoms with Crippen LogP contribution < -0.4 is 10.1 Å². The van der Waals surface area contributed by atoms with Gasteiger partial charge in [-0.15, -0.1) is 0 Å². The molecule has 3 N–H and O–H groups in total. The van der Waals surface area contributed by atoms with Gasteiger partial charge >= 0.3 is 5.97 Å². The summed E-state index contributed by atoms with van der Waals surface area (Å²) in [5, 5.41) is 21.3. The molecule has 0 bridgehead atoms. The number of carboxylic acids is 1. The molecule has 0 fully saturated rings. The number of amides is 1. The smallest absolute Gasteiger partial charge is 0.326 e. The maximum Gasteiger partial charge on any atom is 0.326 e. The van der Waals surface area contributed by atoms with Gasteiger partial charge in [-0.2, -0.15) is 0 Å². The second kappa shape index (κ2) is 6.79. The number of carbonyl (C=O) groups is 2. The van der Waals surface area contributed by atoms with Crippen molar-refractivity contribution in [2.45, 2.75) is 26.3 Å². The van der Waals surface area contributed by atoms with Gasteiger partial charge in [0.1, 0.15) is 17.5 Å². The number of benzene rings is 1. The first kappa shape index (κ1) is 15.8. The number of carboxylic acid groups (broad SMARTS) is 1. The predicted octanol–water partition coefficient (Wildman–Crippen LogP) is 1.63. The Morgan fingerprint density at radius 2 is 2.05 bits per heavy atom. The summed E-state index contributed by atoms with van der Waals surface area (Å²) < 4.78 is 4.92. The fourth-order valence-corrected chi connectivity index (χ4v) is 1.73. The molecule has 0 heterocycles. The van der Waals surface area contributed by atoms with Crippen LogP contribution in [0.5, 0.6) is 11.5 Å². The lowest BCUT2D eigenvalue weighted by atomic mass is 9.99. The molecule has 0 saturated carbocycles. The van der Waals surface area contributed by atoms with Gasteiger partial charge in [-0.05, 0) is 18.1 Å². The van der Waals surface area contributed by atoms with Crippen LogP contribution in [0.4, 0.5) is 0 Å². The highest BCUT2D eigenvalue weighted by Gasteiger charge is 2.26. The van der Waals surface area contributed by atoms with Crippen LogP contribution in [0.1, 0.15) is 30.6 Å². The van der Waals surface area contributed by atoms with E-state index in [2.05, 4.69) is 5.32 Å². The van der Waals surface area contributed by atoms with Crippen molar-refractivity contribution in [3.8, 4) is 11.5 Å². The van der Waals surface area contributed by atoms with Crippen molar-refractivity contribution in [2.24, 2.45) is 5.92 Å². The standard InChI is InChI=1S/C14H19NO5/c1-4-8(2)12(14(18)19)15-13(17)10-6-5-9(20-3)7-11(10)16/h5-8,12,16H,4H2,1-3H3,(H,15,17)(H,18,19)/t8?,12-/m0/s1. The Morgan fingerprint density at radius 1 is 1.40 bits per heavy atom. The summed E-state index contributed by atoms with van der Waals surface area (Å²) in [6.07, 6.45) is 0.617. The number of nitrogens with one attached hydrogen (secondary N) is 1. The van der Waals surface area contributed by atoms with E-state index in [1.165, 1.54) is 25.3 Å². The summed E-state index contributed by atoms with van der Waals surface area (Å²) in [4.78, 5) is 23.2. The van der Waals surface area contributed by atoms with Crippen LogP contribution in [-0.2, 0) is 4.79 Å². The molecule has 110 valence electrons. The summed E-state index contributed by atoms with van der Waals surface area (Å²) in [5.74, 6) is -1.78. The SMILES string of the molecule is CCC(C)[C@H](NC(=O)c1ccc(OC)cc1O)C(=O)O. The molecule has 1 rings (SSSR count). The number of hydrogen-bond donors (Lipinski definition) is 3. The Morgan fingerprint density at radius 3 is 2.50 bits per heavy atom. The van der Waals surface area contributed by atoms with Crippen molar-refractivity contribution in [1.82, 2.24) is 5.32 Å². The zero-order chi connectivity index (χ0) is 15.3. The van der Waals surface area contributed by atoms with Crippen LogP contribution in [0.3, 0.4) is 0 Å². The van der Waals surface area contributed by atoms with Gasteiger partial charge in [0, 0.05) is 6.07 Å². The zero-order valence-electron chi connectivity index (χ0n) is 11.7. The average molecular weight is 281 g/mol. The van der Waals surface area contributed by atoms with Crippen molar-refractivity contribution < 1.29 is 24.5 Å². The minimum atomic E-state index is -1.10. The molecule has 0 aliphatic heterocycles. The first-order valence-electron chi connectivity index (χ1n) is 6.31.